The molecule has 1 aromatic rings. The molecule has 3 atom stereocenters. The third-order valence-corrected chi connectivity index (χ3v) is 4.86. The lowest BCUT2D eigenvalue weighted by Gasteiger charge is -2.38. The molecule has 1 N–H and O–H groups in total. The third-order valence-electron chi connectivity index (χ3n) is 4.86. The molecule has 2 aliphatic rings. The number of fused-ring (bicyclic) bond motifs is 2. The van der Waals surface area contributed by atoms with Crippen LogP contribution in [0.1, 0.15) is 31.7 Å². The van der Waals surface area contributed by atoms with E-state index in [1.54, 1.807) is 6.07 Å². The van der Waals surface area contributed by atoms with Gasteiger partial charge in [-0.15, -0.1) is 0 Å². The van der Waals surface area contributed by atoms with Gasteiger partial charge in [-0.3, -0.25) is 0 Å². The maximum absolute atomic E-state index is 13.6. The molecule has 0 radical (unpaired) electrons. The first-order valence-corrected chi connectivity index (χ1v) is 7.27. The van der Waals surface area contributed by atoms with Gasteiger partial charge in [0, 0.05) is 12.1 Å². The van der Waals surface area contributed by atoms with E-state index in [2.05, 4.69) is 32.0 Å². The number of benzene rings is 1. The highest BCUT2D eigenvalue weighted by molar-refractivity contribution is 5.73. The van der Waals surface area contributed by atoms with Crippen molar-refractivity contribution in [2.45, 2.75) is 32.2 Å². The first-order chi connectivity index (χ1) is 9.38. The van der Waals surface area contributed by atoms with E-state index in [0.717, 1.165) is 11.6 Å². The molecular weight excluding hydrogens is 253 g/mol. The zero-order valence-electron chi connectivity index (χ0n) is 12.4. The van der Waals surface area contributed by atoms with Crippen molar-refractivity contribution >= 4 is 5.57 Å². The van der Waals surface area contributed by atoms with Gasteiger partial charge in [-0.25, -0.2) is 4.39 Å². The second-order valence-corrected chi connectivity index (χ2v) is 6.86. The molecular formula is C17H22FNO. The SMILES string of the molecule is CN(C)C1C(c2cc(O)cc(F)c2)=CC2(C)CCC1C2. The van der Waals surface area contributed by atoms with Gasteiger partial charge < -0.3 is 10.0 Å². The van der Waals surface area contributed by atoms with Crippen molar-refractivity contribution in [1.29, 1.82) is 0 Å². The van der Waals surface area contributed by atoms with Crippen molar-refractivity contribution in [3.8, 4) is 5.75 Å². The summed E-state index contributed by atoms with van der Waals surface area (Å²) < 4.78 is 13.6. The molecule has 20 heavy (non-hydrogen) atoms. The van der Waals surface area contributed by atoms with E-state index in [1.165, 1.54) is 30.9 Å². The molecule has 0 saturated heterocycles. The molecule has 2 aliphatic carbocycles. The van der Waals surface area contributed by atoms with Crippen molar-refractivity contribution in [3.63, 3.8) is 0 Å². The van der Waals surface area contributed by atoms with E-state index in [-0.39, 0.29) is 17.0 Å². The second kappa shape index (κ2) is 4.59. The fourth-order valence-electron chi connectivity index (χ4n) is 4.13. The topological polar surface area (TPSA) is 23.5 Å². The van der Waals surface area contributed by atoms with Crippen LogP contribution >= 0.6 is 0 Å². The molecule has 0 aromatic heterocycles. The molecule has 0 spiro atoms. The van der Waals surface area contributed by atoms with Gasteiger partial charge in [0.1, 0.15) is 11.6 Å². The molecule has 1 saturated carbocycles. The number of hydrogen-bond acceptors (Lipinski definition) is 2. The average molecular weight is 275 g/mol. The van der Waals surface area contributed by atoms with Gasteiger partial charge in [0.25, 0.3) is 0 Å². The monoisotopic (exact) mass is 275 g/mol. The van der Waals surface area contributed by atoms with Crippen LogP contribution in [0.2, 0.25) is 0 Å². The molecule has 1 aromatic carbocycles. The maximum Gasteiger partial charge on any atom is 0.127 e. The van der Waals surface area contributed by atoms with Crippen LogP contribution in [0.25, 0.3) is 5.57 Å². The van der Waals surface area contributed by atoms with Gasteiger partial charge in [0.15, 0.2) is 0 Å². The Labute approximate surface area is 119 Å². The van der Waals surface area contributed by atoms with Crippen LogP contribution in [0.5, 0.6) is 5.75 Å². The summed E-state index contributed by atoms with van der Waals surface area (Å²) in [6.07, 6.45) is 5.95. The smallest absolute Gasteiger partial charge is 0.127 e. The number of aromatic hydroxyl groups is 1. The van der Waals surface area contributed by atoms with Crippen molar-refractivity contribution in [2.75, 3.05) is 14.1 Å². The molecule has 0 aliphatic heterocycles. The number of hydrogen-bond donors (Lipinski definition) is 1. The Hall–Kier alpha value is -1.35. The van der Waals surface area contributed by atoms with Crippen molar-refractivity contribution < 1.29 is 9.50 Å². The quantitative estimate of drug-likeness (QED) is 0.890. The first-order valence-electron chi connectivity index (χ1n) is 7.27. The molecule has 3 rings (SSSR count). The lowest BCUT2D eigenvalue weighted by atomic mass is 9.74. The van der Waals surface area contributed by atoms with Gasteiger partial charge in [0.05, 0.1) is 0 Å². The minimum absolute atomic E-state index is 0.00137. The van der Waals surface area contributed by atoms with Crippen LogP contribution in [0.3, 0.4) is 0 Å². The van der Waals surface area contributed by atoms with Gasteiger partial charge in [-0.05, 0) is 68.0 Å². The molecule has 108 valence electrons. The molecule has 2 nitrogen and oxygen atoms in total. The summed E-state index contributed by atoms with van der Waals surface area (Å²) in [6, 6.07) is 4.69. The van der Waals surface area contributed by atoms with Gasteiger partial charge in [-0.2, -0.15) is 0 Å². The van der Waals surface area contributed by atoms with E-state index in [0.29, 0.717) is 12.0 Å². The van der Waals surface area contributed by atoms with E-state index in [9.17, 15) is 9.50 Å². The summed E-state index contributed by atoms with van der Waals surface area (Å²) in [5.74, 6) is 0.253. The zero-order chi connectivity index (χ0) is 14.5. The predicted molar refractivity (Wildman–Crippen MR) is 79.0 cm³/mol. The Morgan fingerprint density at radius 1 is 1.30 bits per heavy atom. The Kier molecular flexibility index (Phi) is 3.13. The van der Waals surface area contributed by atoms with Crippen LogP contribution < -0.4 is 0 Å². The highest BCUT2D eigenvalue weighted by Crippen LogP contribution is 2.52. The highest BCUT2D eigenvalue weighted by atomic mass is 19.1. The number of phenols is 1. The Bertz CT molecular complexity index is 546. The van der Waals surface area contributed by atoms with Crippen LogP contribution in [-0.4, -0.2) is 30.1 Å². The summed E-state index contributed by atoms with van der Waals surface area (Å²) >= 11 is 0. The van der Waals surface area contributed by atoms with Crippen molar-refractivity contribution in [2.24, 2.45) is 11.3 Å². The largest absolute Gasteiger partial charge is 0.508 e. The van der Waals surface area contributed by atoms with Crippen LogP contribution in [-0.2, 0) is 0 Å². The number of nitrogens with zero attached hydrogens (tertiary/aromatic N) is 1. The third kappa shape index (κ3) is 2.24. The van der Waals surface area contributed by atoms with E-state index in [4.69, 9.17) is 0 Å². The first kappa shape index (κ1) is 13.6. The second-order valence-electron chi connectivity index (χ2n) is 6.86. The highest BCUT2D eigenvalue weighted by Gasteiger charge is 2.44. The summed E-state index contributed by atoms with van der Waals surface area (Å²) in [4.78, 5) is 2.23. The number of likely N-dealkylation sites (N-methyl/N-ethyl adjacent to an activating group) is 1. The Morgan fingerprint density at radius 3 is 2.70 bits per heavy atom. The van der Waals surface area contributed by atoms with Crippen LogP contribution in [0.15, 0.2) is 24.3 Å². The number of rotatable bonds is 2. The van der Waals surface area contributed by atoms with E-state index in [1.807, 2.05) is 0 Å². The fourth-order valence-corrected chi connectivity index (χ4v) is 4.13. The molecule has 3 heteroatoms. The fraction of sp³-hybridized carbons (Fsp3) is 0.529. The Balaban J connectivity index is 2.11. The van der Waals surface area contributed by atoms with Crippen LogP contribution in [0, 0.1) is 17.2 Å². The standard InChI is InChI=1S/C17H22FNO/c1-17-5-4-11(9-17)16(19(2)3)15(10-17)12-6-13(18)8-14(20)7-12/h6-8,10-11,16,20H,4-5,9H2,1-3H3. The van der Waals surface area contributed by atoms with E-state index >= 15 is 0 Å². The van der Waals surface area contributed by atoms with Gasteiger partial charge in [-0.1, -0.05) is 13.0 Å². The lowest BCUT2D eigenvalue weighted by Crippen LogP contribution is -2.38. The minimum Gasteiger partial charge on any atom is -0.508 e. The summed E-state index contributed by atoms with van der Waals surface area (Å²) in [7, 11) is 4.16. The Morgan fingerprint density at radius 2 is 2.05 bits per heavy atom. The summed E-state index contributed by atoms with van der Waals surface area (Å²) in [5, 5.41) is 9.68. The molecule has 0 heterocycles. The van der Waals surface area contributed by atoms with Crippen molar-refractivity contribution in [1.82, 2.24) is 4.90 Å². The normalized spacial score (nSPS) is 32.5. The van der Waals surface area contributed by atoms with Gasteiger partial charge in [0.2, 0.25) is 0 Å². The summed E-state index contributed by atoms with van der Waals surface area (Å²) in [5.41, 5.74) is 2.22. The predicted octanol–water partition coefficient (Wildman–Crippen LogP) is 3.66. The number of phenolic OH excluding ortho intramolecular Hbond substituents is 1. The summed E-state index contributed by atoms with van der Waals surface area (Å²) in [6.45, 7) is 2.29. The maximum atomic E-state index is 13.6. The molecule has 0 amide bonds. The number of allylic oxidation sites excluding steroid dienone is 1. The minimum atomic E-state index is -0.374. The molecule has 3 unspecified atom stereocenters. The lowest BCUT2D eigenvalue weighted by molar-refractivity contribution is 0.243. The zero-order valence-corrected chi connectivity index (χ0v) is 12.4. The van der Waals surface area contributed by atoms with Crippen LogP contribution in [0.4, 0.5) is 4.39 Å². The average Bonchev–Trinajstić information content (AvgIpc) is 2.63. The van der Waals surface area contributed by atoms with Crippen molar-refractivity contribution in [3.05, 3.63) is 35.7 Å². The molecule has 2 bridgehead atoms. The molecule has 1 fully saturated rings. The van der Waals surface area contributed by atoms with E-state index < -0.39 is 0 Å². The van der Waals surface area contributed by atoms with Gasteiger partial charge >= 0.3 is 0 Å². The number of halogens is 1.